The predicted molar refractivity (Wildman–Crippen MR) is 181 cm³/mol. The molecule has 3 heterocycles. The molecular formula is C38H45ClN2O6. The quantitative estimate of drug-likeness (QED) is 0.162. The van der Waals surface area contributed by atoms with Crippen molar-refractivity contribution in [1.82, 2.24) is 9.80 Å². The number of phenols is 2. The van der Waals surface area contributed by atoms with Crippen molar-refractivity contribution >= 4 is 29.1 Å². The minimum absolute atomic E-state index is 0.000125. The Bertz CT molecular complexity index is 1590. The molecule has 2 N–H and O–H groups in total. The second-order valence-electron chi connectivity index (χ2n) is 13.9. The first-order valence-corrected chi connectivity index (χ1v) is 17.4. The van der Waals surface area contributed by atoms with E-state index in [4.69, 9.17) is 16.3 Å². The number of fused-ring (bicyclic) bond motifs is 1. The van der Waals surface area contributed by atoms with Crippen LogP contribution in [0.2, 0.25) is 5.02 Å². The summed E-state index contributed by atoms with van der Waals surface area (Å²) < 4.78 is 5.93. The van der Waals surface area contributed by atoms with Crippen LogP contribution in [0.5, 0.6) is 11.5 Å². The molecule has 0 saturated carbocycles. The molecule has 1 aliphatic carbocycles. The van der Waals surface area contributed by atoms with Gasteiger partial charge < -0.3 is 14.9 Å². The van der Waals surface area contributed by atoms with Crippen LogP contribution >= 0.6 is 11.6 Å². The Morgan fingerprint density at radius 3 is 2.55 bits per heavy atom. The van der Waals surface area contributed by atoms with E-state index >= 15 is 0 Å². The van der Waals surface area contributed by atoms with Gasteiger partial charge in [-0.05, 0) is 113 Å². The van der Waals surface area contributed by atoms with Crippen LogP contribution in [0.25, 0.3) is 0 Å². The van der Waals surface area contributed by atoms with E-state index in [9.17, 15) is 24.6 Å². The zero-order chi connectivity index (χ0) is 33.2. The van der Waals surface area contributed by atoms with Crippen LogP contribution in [-0.4, -0.2) is 75.4 Å². The van der Waals surface area contributed by atoms with E-state index in [0.29, 0.717) is 30.3 Å². The number of likely N-dealkylation sites (tertiary alicyclic amines) is 1. The zero-order valence-corrected chi connectivity index (χ0v) is 28.0. The highest BCUT2D eigenvalue weighted by molar-refractivity contribution is 6.30. The molecule has 6 rings (SSSR count). The standard InChI is InChI=1S/C38H45ClN2O6/c1-23(2)13-16-33(28-20-32(44)35-30(42)14-15-31(43)36(35)38(28)46)47-34(45)12-4-11-29-27-10-6-18-40-17-5-8-25(37(27)40)22-41(29)21-24-7-3-9-26(39)19-24/h3,7,9,13-15,19-20,25,27,29,33,37,42-43H,4-6,8,10-12,16-18,21-22H2,1-2H3/t25-,27+,29+,33-,37-/m1/s1. The van der Waals surface area contributed by atoms with Crippen LogP contribution in [0.15, 0.2) is 59.7 Å². The fourth-order valence-electron chi connectivity index (χ4n) is 8.51. The summed E-state index contributed by atoms with van der Waals surface area (Å²) >= 11 is 6.36. The molecule has 5 atom stereocenters. The first kappa shape index (κ1) is 33.4. The zero-order valence-electron chi connectivity index (χ0n) is 27.3. The summed E-state index contributed by atoms with van der Waals surface area (Å²) in [6.45, 7) is 8.03. The number of rotatable bonds is 10. The lowest BCUT2D eigenvalue weighted by Crippen LogP contribution is -2.64. The Kier molecular flexibility index (Phi) is 10.2. The third-order valence-corrected chi connectivity index (χ3v) is 10.7. The molecule has 2 aromatic rings. The summed E-state index contributed by atoms with van der Waals surface area (Å²) in [7, 11) is 0. The highest BCUT2D eigenvalue weighted by Gasteiger charge is 2.48. The molecule has 3 fully saturated rings. The highest BCUT2D eigenvalue weighted by atomic mass is 35.5. The van der Waals surface area contributed by atoms with Crippen LogP contribution < -0.4 is 0 Å². The molecule has 250 valence electrons. The smallest absolute Gasteiger partial charge is 0.306 e. The molecule has 47 heavy (non-hydrogen) atoms. The van der Waals surface area contributed by atoms with Crippen molar-refractivity contribution in [2.45, 2.75) is 89.9 Å². The van der Waals surface area contributed by atoms with Gasteiger partial charge in [0.1, 0.15) is 17.6 Å². The summed E-state index contributed by atoms with van der Waals surface area (Å²) in [5.74, 6) is -1.24. The average molecular weight is 661 g/mol. The molecule has 8 nitrogen and oxygen atoms in total. The van der Waals surface area contributed by atoms with Gasteiger partial charge in [-0.3, -0.25) is 24.2 Å². The fourth-order valence-corrected chi connectivity index (χ4v) is 8.72. The van der Waals surface area contributed by atoms with Gasteiger partial charge >= 0.3 is 5.97 Å². The van der Waals surface area contributed by atoms with Crippen molar-refractivity contribution in [3.05, 3.63) is 81.4 Å². The summed E-state index contributed by atoms with van der Waals surface area (Å²) in [6.07, 6.45) is 8.80. The molecule has 0 unspecified atom stereocenters. The number of phenolic OH excluding ortho intramolecular Hbond substituents is 2. The van der Waals surface area contributed by atoms with Gasteiger partial charge in [0, 0.05) is 48.6 Å². The normalized spacial score (nSPS) is 25.0. The summed E-state index contributed by atoms with van der Waals surface area (Å²) in [5.41, 5.74) is 1.68. The van der Waals surface area contributed by atoms with Crippen LogP contribution in [-0.2, 0) is 16.1 Å². The number of ether oxygens (including phenoxy) is 1. The lowest BCUT2D eigenvalue weighted by Gasteiger charge is -2.57. The summed E-state index contributed by atoms with van der Waals surface area (Å²) in [4.78, 5) is 45.3. The number of Topliss-reactive ketones (excluding diaryl/α,β-unsaturated/α-hetero) is 1. The molecule has 2 aromatic carbocycles. The molecule has 0 bridgehead atoms. The Morgan fingerprint density at radius 1 is 1.06 bits per heavy atom. The minimum atomic E-state index is -0.993. The van der Waals surface area contributed by atoms with Crippen LogP contribution in [0.4, 0.5) is 0 Å². The van der Waals surface area contributed by atoms with Gasteiger partial charge in [0.25, 0.3) is 0 Å². The van der Waals surface area contributed by atoms with Crippen molar-refractivity contribution in [1.29, 1.82) is 0 Å². The van der Waals surface area contributed by atoms with Gasteiger partial charge in [0.2, 0.25) is 0 Å². The van der Waals surface area contributed by atoms with Crippen molar-refractivity contribution < 1.29 is 29.3 Å². The second kappa shape index (κ2) is 14.3. The number of hydrogen-bond acceptors (Lipinski definition) is 8. The third kappa shape index (κ3) is 7.20. The van der Waals surface area contributed by atoms with E-state index in [1.165, 1.54) is 56.5 Å². The van der Waals surface area contributed by atoms with Gasteiger partial charge in [0.05, 0.1) is 11.1 Å². The number of esters is 1. The molecule has 0 amide bonds. The van der Waals surface area contributed by atoms with Crippen molar-refractivity contribution in [3.63, 3.8) is 0 Å². The molecule has 3 saturated heterocycles. The summed E-state index contributed by atoms with van der Waals surface area (Å²) in [6, 6.07) is 11.4. The van der Waals surface area contributed by atoms with Crippen LogP contribution in [0.3, 0.4) is 0 Å². The van der Waals surface area contributed by atoms with E-state index in [0.717, 1.165) is 36.2 Å². The Hall–Kier alpha value is -3.46. The molecule has 0 aromatic heterocycles. The lowest BCUT2D eigenvalue weighted by molar-refractivity contribution is -0.147. The van der Waals surface area contributed by atoms with Gasteiger partial charge in [-0.1, -0.05) is 35.4 Å². The molecular weight excluding hydrogens is 616 g/mol. The number of ketones is 2. The topological polar surface area (TPSA) is 107 Å². The number of carbonyl (C=O) groups excluding carboxylic acids is 3. The Morgan fingerprint density at radius 2 is 1.81 bits per heavy atom. The first-order chi connectivity index (χ1) is 22.6. The van der Waals surface area contributed by atoms with E-state index in [1.807, 2.05) is 38.1 Å². The lowest BCUT2D eigenvalue weighted by atomic mass is 9.69. The van der Waals surface area contributed by atoms with Crippen molar-refractivity contribution in [2.75, 3.05) is 19.6 Å². The molecule has 0 spiro atoms. The van der Waals surface area contributed by atoms with Gasteiger partial charge in [-0.25, -0.2) is 0 Å². The maximum Gasteiger partial charge on any atom is 0.306 e. The average Bonchev–Trinajstić information content (AvgIpc) is 3.03. The Balaban J connectivity index is 1.17. The van der Waals surface area contributed by atoms with Gasteiger partial charge in [-0.2, -0.15) is 0 Å². The van der Waals surface area contributed by atoms with Gasteiger partial charge in [-0.15, -0.1) is 0 Å². The van der Waals surface area contributed by atoms with Crippen LogP contribution in [0, 0.1) is 11.8 Å². The number of piperidine rings is 3. The second-order valence-corrected chi connectivity index (χ2v) is 14.3. The van der Waals surface area contributed by atoms with E-state index in [1.54, 1.807) is 0 Å². The molecule has 0 radical (unpaired) electrons. The van der Waals surface area contributed by atoms with E-state index in [-0.39, 0.29) is 35.3 Å². The van der Waals surface area contributed by atoms with Gasteiger partial charge in [0.15, 0.2) is 11.6 Å². The number of aromatic hydroxyl groups is 2. The number of benzene rings is 2. The molecule has 3 aliphatic heterocycles. The highest BCUT2D eigenvalue weighted by Crippen LogP contribution is 2.44. The van der Waals surface area contributed by atoms with E-state index in [2.05, 4.69) is 15.9 Å². The SMILES string of the molecule is CC(C)=CC[C@@H](OC(=O)CCC[C@H]1[C@@H]2CCCN3CCC[C@H](CN1Cc1cccc(Cl)c1)[C@H]23)C1=CC(=O)c2c(O)ccc(O)c2C1=O. The Labute approximate surface area is 282 Å². The van der Waals surface area contributed by atoms with E-state index < -0.39 is 29.4 Å². The van der Waals surface area contributed by atoms with Crippen molar-refractivity contribution in [2.24, 2.45) is 11.8 Å². The first-order valence-electron chi connectivity index (χ1n) is 17.0. The monoisotopic (exact) mass is 660 g/mol. The van der Waals surface area contributed by atoms with Crippen molar-refractivity contribution in [3.8, 4) is 11.5 Å². The predicted octanol–water partition coefficient (Wildman–Crippen LogP) is 6.87. The molecule has 9 heteroatoms. The number of allylic oxidation sites excluding steroid dienone is 2. The summed E-state index contributed by atoms with van der Waals surface area (Å²) in [5, 5.41) is 21.4. The number of nitrogens with zero attached hydrogens (tertiary/aromatic N) is 2. The minimum Gasteiger partial charge on any atom is -0.507 e. The molecule has 4 aliphatic rings. The maximum absolute atomic E-state index is 13.5. The fraction of sp³-hybridized carbons (Fsp3) is 0.500. The number of hydrogen-bond donors (Lipinski definition) is 2. The number of carbonyl (C=O) groups is 3. The maximum atomic E-state index is 13.5. The number of halogens is 1. The third-order valence-electron chi connectivity index (χ3n) is 10.5. The van der Waals surface area contributed by atoms with Crippen LogP contribution in [0.1, 0.15) is 91.5 Å². The largest absolute Gasteiger partial charge is 0.507 e.